The average Bonchev–Trinajstić information content (AvgIpc) is 2.02. The second kappa shape index (κ2) is 3.66. The van der Waals surface area contributed by atoms with Crippen LogP contribution in [0.3, 0.4) is 0 Å². The first-order chi connectivity index (χ1) is 6.06. The van der Waals surface area contributed by atoms with Gasteiger partial charge in [-0.1, -0.05) is 11.6 Å². The zero-order valence-corrected chi connectivity index (χ0v) is 7.05. The van der Waals surface area contributed by atoms with E-state index in [1.165, 1.54) is 0 Å². The first kappa shape index (κ1) is 9.85. The lowest BCUT2D eigenvalue weighted by Crippen LogP contribution is -2.00. The summed E-state index contributed by atoms with van der Waals surface area (Å²) in [6.07, 6.45) is -2.40. The molecule has 1 rings (SSSR count). The maximum absolute atomic E-state index is 12.2. The maximum atomic E-state index is 12.2. The van der Waals surface area contributed by atoms with Crippen LogP contribution in [0.15, 0.2) is 6.07 Å². The van der Waals surface area contributed by atoms with E-state index < -0.39 is 17.1 Å². The third kappa shape index (κ3) is 1.92. The summed E-state index contributed by atoms with van der Waals surface area (Å²) in [5, 5.41) is -0.433. The summed E-state index contributed by atoms with van der Waals surface area (Å²) < 4.78 is 24.5. The number of pyridine rings is 1. The number of alkyl halides is 2. The molecule has 0 bridgehead atoms. The van der Waals surface area contributed by atoms with E-state index in [2.05, 4.69) is 4.98 Å². The van der Waals surface area contributed by atoms with Crippen LogP contribution in [0.2, 0.25) is 5.15 Å². The molecule has 0 radical (unpaired) electrons. The SMILES string of the molecule is Nc1cc(C=O)nc(Cl)c1C(F)F. The molecule has 0 aliphatic heterocycles. The van der Waals surface area contributed by atoms with Crippen LogP contribution in [0.4, 0.5) is 14.5 Å². The predicted molar refractivity (Wildman–Crippen MR) is 44.0 cm³/mol. The number of aromatic nitrogens is 1. The molecule has 6 heteroatoms. The van der Waals surface area contributed by atoms with Gasteiger partial charge in [0.15, 0.2) is 6.29 Å². The molecule has 0 saturated heterocycles. The molecule has 1 aromatic rings. The number of nitrogens with zero attached hydrogens (tertiary/aromatic N) is 1. The highest BCUT2D eigenvalue weighted by Crippen LogP contribution is 2.30. The van der Waals surface area contributed by atoms with Crippen LogP contribution in [0.1, 0.15) is 22.5 Å². The van der Waals surface area contributed by atoms with Crippen molar-refractivity contribution < 1.29 is 13.6 Å². The zero-order valence-electron chi connectivity index (χ0n) is 6.30. The molecule has 1 aromatic heterocycles. The standard InChI is InChI=1S/C7H5ClF2N2O/c8-6-5(7(9)10)4(11)1-3(2-13)12-6/h1-2,7H,(H2,11,12). The van der Waals surface area contributed by atoms with Gasteiger partial charge in [0.1, 0.15) is 10.8 Å². The molecule has 1 heterocycles. The lowest BCUT2D eigenvalue weighted by molar-refractivity contribution is 0.111. The van der Waals surface area contributed by atoms with Crippen molar-refractivity contribution in [1.29, 1.82) is 0 Å². The summed E-state index contributed by atoms with van der Waals surface area (Å²) in [5.74, 6) is 0. The molecule has 13 heavy (non-hydrogen) atoms. The van der Waals surface area contributed by atoms with Gasteiger partial charge in [0.2, 0.25) is 0 Å². The van der Waals surface area contributed by atoms with Crippen molar-refractivity contribution >= 4 is 23.6 Å². The Kier molecular flexibility index (Phi) is 2.77. The van der Waals surface area contributed by atoms with Gasteiger partial charge in [-0.05, 0) is 6.07 Å². The Labute approximate surface area is 77.5 Å². The largest absolute Gasteiger partial charge is 0.398 e. The lowest BCUT2D eigenvalue weighted by atomic mass is 10.2. The van der Waals surface area contributed by atoms with Crippen molar-refractivity contribution in [2.24, 2.45) is 0 Å². The first-order valence-corrected chi connectivity index (χ1v) is 3.63. The van der Waals surface area contributed by atoms with Crippen LogP contribution in [-0.2, 0) is 0 Å². The number of anilines is 1. The highest BCUT2D eigenvalue weighted by atomic mass is 35.5. The van der Waals surface area contributed by atoms with E-state index >= 15 is 0 Å². The van der Waals surface area contributed by atoms with Gasteiger partial charge in [-0.3, -0.25) is 4.79 Å². The molecule has 2 N–H and O–H groups in total. The van der Waals surface area contributed by atoms with Crippen molar-refractivity contribution in [3.63, 3.8) is 0 Å². The first-order valence-electron chi connectivity index (χ1n) is 3.25. The van der Waals surface area contributed by atoms with Crippen LogP contribution in [-0.4, -0.2) is 11.3 Å². The number of hydrogen-bond donors (Lipinski definition) is 1. The van der Waals surface area contributed by atoms with E-state index in [1.54, 1.807) is 0 Å². The van der Waals surface area contributed by atoms with Gasteiger partial charge in [0, 0.05) is 5.69 Å². The van der Waals surface area contributed by atoms with Crippen LogP contribution < -0.4 is 5.73 Å². The van der Waals surface area contributed by atoms with Crippen LogP contribution in [0.25, 0.3) is 0 Å². The molecule has 3 nitrogen and oxygen atoms in total. The lowest BCUT2D eigenvalue weighted by Gasteiger charge is -2.06. The Morgan fingerprint density at radius 1 is 1.62 bits per heavy atom. The van der Waals surface area contributed by atoms with Gasteiger partial charge >= 0.3 is 0 Å². The molecule has 0 atom stereocenters. The summed E-state index contributed by atoms with van der Waals surface area (Å²) in [7, 11) is 0. The zero-order chi connectivity index (χ0) is 10.0. The smallest absolute Gasteiger partial charge is 0.268 e. The molecule has 0 aliphatic rings. The molecule has 0 fully saturated rings. The molecule has 0 aromatic carbocycles. The van der Waals surface area contributed by atoms with Gasteiger partial charge in [-0.15, -0.1) is 0 Å². The van der Waals surface area contributed by atoms with Gasteiger partial charge in [0.25, 0.3) is 6.43 Å². The number of nitrogen functional groups attached to an aromatic ring is 1. The number of carbonyl (C=O) groups is 1. The monoisotopic (exact) mass is 206 g/mol. The average molecular weight is 207 g/mol. The quantitative estimate of drug-likeness (QED) is 0.595. The normalized spacial score (nSPS) is 10.5. The molecule has 0 spiro atoms. The van der Waals surface area contributed by atoms with E-state index in [-0.39, 0.29) is 11.4 Å². The van der Waals surface area contributed by atoms with Gasteiger partial charge in [-0.25, -0.2) is 13.8 Å². The second-order valence-electron chi connectivity index (χ2n) is 2.26. The molecular weight excluding hydrogens is 202 g/mol. The molecule has 0 saturated carbocycles. The maximum Gasteiger partial charge on any atom is 0.268 e. The summed E-state index contributed by atoms with van der Waals surface area (Å²) in [6, 6.07) is 1.06. The fourth-order valence-corrected chi connectivity index (χ4v) is 1.13. The summed E-state index contributed by atoms with van der Waals surface area (Å²) in [4.78, 5) is 13.6. The van der Waals surface area contributed by atoms with Crippen LogP contribution >= 0.6 is 11.6 Å². The number of rotatable bonds is 2. The van der Waals surface area contributed by atoms with Crippen molar-refractivity contribution in [2.45, 2.75) is 6.43 Å². The Bertz CT molecular complexity index is 320. The fraction of sp³-hybridized carbons (Fsp3) is 0.143. The minimum Gasteiger partial charge on any atom is -0.398 e. The van der Waals surface area contributed by atoms with Crippen molar-refractivity contribution in [2.75, 3.05) is 5.73 Å². The molecule has 0 aliphatic carbocycles. The van der Waals surface area contributed by atoms with Gasteiger partial charge in [0.05, 0.1) is 5.56 Å². The molecular formula is C7H5ClF2N2O. The summed E-state index contributed by atoms with van der Waals surface area (Å²) in [5.41, 5.74) is 4.41. The number of aldehydes is 1. The topological polar surface area (TPSA) is 56.0 Å². The van der Waals surface area contributed by atoms with Crippen LogP contribution in [0.5, 0.6) is 0 Å². The van der Waals surface area contributed by atoms with Gasteiger partial charge < -0.3 is 5.73 Å². The van der Waals surface area contributed by atoms with E-state index in [9.17, 15) is 13.6 Å². The molecule has 0 amide bonds. The molecule has 70 valence electrons. The Hall–Kier alpha value is -1.23. The fourth-order valence-electron chi connectivity index (χ4n) is 0.838. The Morgan fingerprint density at radius 2 is 2.23 bits per heavy atom. The number of nitrogens with two attached hydrogens (primary N) is 1. The Balaban J connectivity index is 3.31. The second-order valence-corrected chi connectivity index (χ2v) is 2.62. The molecule has 0 unspecified atom stereocenters. The highest BCUT2D eigenvalue weighted by Gasteiger charge is 2.17. The highest BCUT2D eigenvalue weighted by molar-refractivity contribution is 6.30. The number of hydrogen-bond acceptors (Lipinski definition) is 3. The third-order valence-electron chi connectivity index (χ3n) is 1.40. The summed E-state index contributed by atoms with van der Waals surface area (Å²) >= 11 is 5.38. The predicted octanol–water partition coefficient (Wildman–Crippen LogP) is 2.07. The van der Waals surface area contributed by atoms with E-state index in [4.69, 9.17) is 17.3 Å². The number of carbonyl (C=O) groups excluding carboxylic acids is 1. The Morgan fingerprint density at radius 3 is 2.62 bits per heavy atom. The van der Waals surface area contributed by atoms with Crippen LogP contribution in [0, 0.1) is 0 Å². The van der Waals surface area contributed by atoms with Crippen molar-refractivity contribution in [3.05, 3.63) is 22.5 Å². The van der Waals surface area contributed by atoms with Crippen molar-refractivity contribution in [1.82, 2.24) is 4.98 Å². The van der Waals surface area contributed by atoms with Crippen molar-refractivity contribution in [3.8, 4) is 0 Å². The van der Waals surface area contributed by atoms with E-state index in [0.717, 1.165) is 6.07 Å². The third-order valence-corrected chi connectivity index (χ3v) is 1.69. The minimum atomic E-state index is -2.79. The number of halogens is 3. The van der Waals surface area contributed by atoms with Gasteiger partial charge in [-0.2, -0.15) is 0 Å². The minimum absolute atomic E-state index is 0.0631. The summed E-state index contributed by atoms with van der Waals surface area (Å²) in [6.45, 7) is 0. The van der Waals surface area contributed by atoms with E-state index in [1.807, 2.05) is 0 Å². The van der Waals surface area contributed by atoms with E-state index in [0.29, 0.717) is 6.29 Å².